The van der Waals surface area contributed by atoms with E-state index >= 15 is 0 Å². The van der Waals surface area contributed by atoms with Crippen molar-refractivity contribution in [3.8, 4) is 0 Å². The Balaban J connectivity index is 1.99. The van der Waals surface area contributed by atoms with Crippen molar-refractivity contribution in [2.75, 3.05) is 0 Å². The van der Waals surface area contributed by atoms with Gasteiger partial charge in [0.05, 0.1) is 0 Å². The van der Waals surface area contributed by atoms with E-state index in [0.717, 1.165) is 19.3 Å². The monoisotopic (exact) mass is 268 g/mol. The first kappa shape index (κ1) is 14.4. The van der Waals surface area contributed by atoms with Crippen molar-refractivity contribution >= 4 is 11.9 Å². The van der Waals surface area contributed by atoms with Gasteiger partial charge in [-0.05, 0) is 31.1 Å². The fourth-order valence-corrected chi connectivity index (χ4v) is 3.96. The number of hydrogen-bond donors (Lipinski definition) is 2. The molecule has 0 aromatic heterocycles. The number of hydrogen-bond acceptors (Lipinski definition) is 2. The highest BCUT2D eigenvalue weighted by Gasteiger charge is 2.49. The van der Waals surface area contributed by atoms with Crippen molar-refractivity contribution in [1.82, 2.24) is 0 Å². The Hall–Kier alpha value is -1.06. The molecule has 0 saturated heterocycles. The third-order valence-electron chi connectivity index (χ3n) is 5.06. The van der Waals surface area contributed by atoms with Crippen LogP contribution in [-0.2, 0) is 9.59 Å². The van der Waals surface area contributed by atoms with E-state index in [0.29, 0.717) is 18.8 Å². The first-order chi connectivity index (χ1) is 9.04. The molecule has 2 aliphatic carbocycles. The Labute approximate surface area is 114 Å². The van der Waals surface area contributed by atoms with E-state index in [1.165, 1.54) is 32.1 Å². The van der Waals surface area contributed by atoms with Crippen LogP contribution in [0.25, 0.3) is 0 Å². The molecule has 1 atom stereocenters. The van der Waals surface area contributed by atoms with E-state index in [4.69, 9.17) is 0 Å². The molecule has 0 heterocycles. The number of aliphatic carboxylic acids is 2. The maximum absolute atomic E-state index is 11.4. The van der Waals surface area contributed by atoms with Gasteiger partial charge < -0.3 is 10.2 Å². The molecule has 19 heavy (non-hydrogen) atoms. The summed E-state index contributed by atoms with van der Waals surface area (Å²) in [6.45, 7) is 0. The van der Waals surface area contributed by atoms with E-state index in [9.17, 15) is 19.8 Å². The van der Waals surface area contributed by atoms with E-state index in [-0.39, 0.29) is 5.92 Å². The number of carbonyl (C=O) groups is 2. The standard InChI is InChI=1S/C15H24O4/c16-13(17)15(14(18)19)8-4-7-12(10-15)9-11-5-2-1-3-6-11/h11-12H,1-10H2,(H,16,17)(H,18,19). The Morgan fingerprint density at radius 1 is 0.895 bits per heavy atom. The summed E-state index contributed by atoms with van der Waals surface area (Å²) >= 11 is 0. The lowest BCUT2D eigenvalue weighted by Crippen LogP contribution is -2.43. The second kappa shape index (κ2) is 5.93. The molecule has 2 saturated carbocycles. The summed E-state index contributed by atoms with van der Waals surface area (Å²) in [5.41, 5.74) is -1.52. The average molecular weight is 268 g/mol. The molecule has 108 valence electrons. The van der Waals surface area contributed by atoms with Crippen molar-refractivity contribution in [2.24, 2.45) is 17.3 Å². The van der Waals surface area contributed by atoms with Crippen molar-refractivity contribution < 1.29 is 19.8 Å². The van der Waals surface area contributed by atoms with E-state index < -0.39 is 17.4 Å². The minimum Gasteiger partial charge on any atom is -0.480 e. The molecule has 2 aliphatic rings. The summed E-state index contributed by atoms with van der Waals surface area (Å²) in [5, 5.41) is 18.6. The van der Waals surface area contributed by atoms with E-state index in [2.05, 4.69) is 0 Å². The van der Waals surface area contributed by atoms with Crippen molar-refractivity contribution in [1.29, 1.82) is 0 Å². The molecule has 0 radical (unpaired) electrons. The van der Waals surface area contributed by atoms with E-state index in [1.807, 2.05) is 0 Å². The third kappa shape index (κ3) is 3.10. The fourth-order valence-electron chi connectivity index (χ4n) is 3.96. The van der Waals surface area contributed by atoms with Gasteiger partial charge in [0.2, 0.25) is 0 Å². The zero-order chi connectivity index (χ0) is 13.9. The molecule has 2 fully saturated rings. The summed E-state index contributed by atoms with van der Waals surface area (Å²) in [4.78, 5) is 22.7. The van der Waals surface area contributed by atoms with Crippen LogP contribution in [0.4, 0.5) is 0 Å². The third-order valence-corrected chi connectivity index (χ3v) is 5.06. The maximum Gasteiger partial charge on any atom is 0.321 e. The lowest BCUT2D eigenvalue weighted by Gasteiger charge is -2.36. The highest BCUT2D eigenvalue weighted by Crippen LogP contribution is 2.43. The molecule has 1 unspecified atom stereocenters. The summed E-state index contributed by atoms with van der Waals surface area (Å²) in [6, 6.07) is 0. The van der Waals surface area contributed by atoms with Crippen LogP contribution in [0.2, 0.25) is 0 Å². The van der Waals surface area contributed by atoms with Crippen molar-refractivity contribution in [3.05, 3.63) is 0 Å². The fraction of sp³-hybridized carbons (Fsp3) is 0.867. The largest absolute Gasteiger partial charge is 0.480 e. The predicted molar refractivity (Wildman–Crippen MR) is 70.9 cm³/mol. The van der Waals surface area contributed by atoms with Gasteiger partial charge in [0, 0.05) is 0 Å². The Morgan fingerprint density at radius 3 is 2.05 bits per heavy atom. The molecule has 4 nitrogen and oxygen atoms in total. The van der Waals surface area contributed by atoms with Gasteiger partial charge in [-0.1, -0.05) is 44.9 Å². The van der Waals surface area contributed by atoms with Gasteiger partial charge in [0.15, 0.2) is 5.41 Å². The van der Waals surface area contributed by atoms with Gasteiger partial charge >= 0.3 is 11.9 Å². The van der Waals surface area contributed by atoms with Gasteiger partial charge in [0.25, 0.3) is 0 Å². The first-order valence-electron chi connectivity index (χ1n) is 7.51. The quantitative estimate of drug-likeness (QED) is 0.767. The lowest BCUT2D eigenvalue weighted by molar-refractivity contribution is -0.168. The van der Waals surface area contributed by atoms with Crippen LogP contribution in [0.1, 0.15) is 64.2 Å². The summed E-state index contributed by atoms with van der Waals surface area (Å²) < 4.78 is 0. The van der Waals surface area contributed by atoms with E-state index in [1.54, 1.807) is 0 Å². The van der Waals surface area contributed by atoms with Crippen molar-refractivity contribution in [2.45, 2.75) is 64.2 Å². The van der Waals surface area contributed by atoms with Crippen LogP contribution < -0.4 is 0 Å². The Kier molecular flexibility index (Phi) is 4.48. The highest BCUT2D eigenvalue weighted by molar-refractivity contribution is 5.98. The number of carboxylic acid groups (broad SMARTS) is 2. The molecule has 4 heteroatoms. The molecular weight excluding hydrogens is 244 g/mol. The Morgan fingerprint density at radius 2 is 1.47 bits per heavy atom. The highest BCUT2D eigenvalue weighted by atomic mass is 16.4. The van der Waals surface area contributed by atoms with Gasteiger partial charge in [-0.25, -0.2) is 0 Å². The molecule has 0 bridgehead atoms. The second-order valence-corrected chi connectivity index (χ2v) is 6.39. The molecule has 0 spiro atoms. The van der Waals surface area contributed by atoms with Gasteiger partial charge in [-0.15, -0.1) is 0 Å². The topological polar surface area (TPSA) is 74.6 Å². The normalized spacial score (nSPS) is 27.9. The molecule has 0 aromatic carbocycles. The maximum atomic E-state index is 11.4. The summed E-state index contributed by atoms with van der Waals surface area (Å²) in [7, 11) is 0. The SMILES string of the molecule is O=C(O)C1(C(=O)O)CCCC(CC2CCCCC2)C1. The summed E-state index contributed by atoms with van der Waals surface area (Å²) in [5.74, 6) is -1.32. The molecule has 2 N–H and O–H groups in total. The Bertz CT molecular complexity index is 330. The van der Waals surface area contributed by atoms with Crippen LogP contribution in [0, 0.1) is 17.3 Å². The van der Waals surface area contributed by atoms with Crippen LogP contribution in [0.3, 0.4) is 0 Å². The lowest BCUT2D eigenvalue weighted by atomic mass is 9.66. The predicted octanol–water partition coefficient (Wildman–Crippen LogP) is 3.30. The van der Waals surface area contributed by atoms with Crippen LogP contribution in [0.15, 0.2) is 0 Å². The zero-order valence-corrected chi connectivity index (χ0v) is 11.4. The smallest absolute Gasteiger partial charge is 0.321 e. The van der Waals surface area contributed by atoms with Gasteiger partial charge in [0.1, 0.15) is 0 Å². The molecule has 0 amide bonds. The zero-order valence-electron chi connectivity index (χ0n) is 11.4. The molecule has 0 aliphatic heterocycles. The minimum atomic E-state index is -1.52. The van der Waals surface area contributed by atoms with Crippen molar-refractivity contribution in [3.63, 3.8) is 0 Å². The number of carboxylic acids is 2. The molecule has 0 aromatic rings. The molecular formula is C15H24O4. The van der Waals surface area contributed by atoms with Gasteiger partial charge in [-0.2, -0.15) is 0 Å². The summed E-state index contributed by atoms with van der Waals surface area (Å²) in [6.07, 6.45) is 9.73. The number of rotatable bonds is 4. The van der Waals surface area contributed by atoms with Crippen LogP contribution in [-0.4, -0.2) is 22.2 Å². The minimum absolute atomic E-state index is 0.282. The average Bonchev–Trinajstić information content (AvgIpc) is 2.39. The second-order valence-electron chi connectivity index (χ2n) is 6.39. The first-order valence-corrected chi connectivity index (χ1v) is 7.51. The molecule has 2 rings (SSSR count). The van der Waals surface area contributed by atoms with Crippen LogP contribution >= 0.6 is 0 Å². The van der Waals surface area contributed by atoms with Crippen LogP contribution in [0.5, 0.6) is 0 Å². The van der Waals surface area contributed by atoms with Gasteiger partial charge in [-0.3, -0.25) is 9.59 Å².